The lowest BCUT2D eigenvalue weighted by Gasteiger charge is -2.22. The number of guanidine groups is 1. The van der Waals surface area contributed by atoms with Crippen LogP contribution in [-0.2, 0) is 23.1 Å². The molecule has 0 amide bonds. The summed E-state index contributed by atoms with van der Waals surface area (Å²) in [5.74, 6) is 2.85. The number of hydrogen-bond donors (Lipinski definition) is 1. The molecule has 0 aliphatic heterocycles. The molecule has 28 heavy (non-hydrogen) atoms. The van der Waals surface area contributed by atoms with Gasteiger partial charge >= 0.3 is 0 Å². The minimum Gasteiger partial charge on any atom is -0.494 e. The third-order valence-corrected chi connectivity index (χ3v) is 5.39. The highest BCUT2D eigenvalue weighted by molar-refractivity contribution is 7.84. The first kappa shape index (κ1) is 22.0. The maximum Gasteiger partial charge on any atom is 0.193 e. The summed E-state index contributed by atoms with van der Waals surface area (Å²) < 4.78 is 17.8. The van der Waals surface area contributed by atoms with Crippen LogP contribution in [-0.4, -0.2) is 47.6 Å². The van der Waals surface area contributed by atoms with Crippen molar-refractivity contribution >= 4 is 16.8 Å². The van der Waals surface area contributed by atoms with Gasteiger partial charge in [0.1, 0.15) is 5.75 Å². The van der Waals surface area contributed by atoms with E-state index in [1.165, 1.54) is 5.56 Å². The molecule has 0 bridgehead atoms. The first-order chi connectivity index (χ1) is 13.6. The average Bonchev–Trinajstić information content (AvgIpc) is 2.70. The molecule has 0 fully saturated rings. The molecular weight excluding hydrogens is 370 g/mol. The molecule has 1 N–H and O–H groups in total. The number of aliphatic imine (C=N–C) groups is 1. The molecule has 0 spiro atoms. The summed E-state index contributed by atoms with van der Waals surface area (Å²) in [5, 5.41) is 3.31. The lowest BCUT2D eigenvalue weighted by molar-refractivity contribution is 0.340. The van der Waals surface area contributed by atoms with E-state index >= 15 is 0 Å². The second-order valence-corrected chi connectivity index (χ2v) is 8.02. The van der Waals surface area contributed by atoms with Gasteiger partial charge in [0.25, 0.3) is 0 Å². The number of rotatable bonds is 10. The second kappa shape index (κ2) is 12.2. The smallest absolute Gasteiger partial charge is 0.193 e. The molecule has 0 aliphatic carbocycles. The molecule has 0 heterocycles. The monoisotopic (exact) mass is 401 g/mol. The van der Waals surface area contributed by atoms with Crippen molar-refractivity contribution in [2.24, 2.45) is 4.99 Å². The zero-order valence-electron chi connectivity index (χ0n) is 17.1. The molecule has 152 valence electrons. The average molecular weight is 402 g/mol. The van der Waals surface area contributed by atoms with Crippen LogP contribution in [0, 0.1) is 0 Å². The van der Waals surface area contributed by atoms with E-state index in [2.05, 4.69) is 27.3 Å². The zero-order valence-corrected chi connectivity index (χ0v) is 17.9. The summed E-state index contributed by atoms with van der Waals surface area (Å²) in [6, 6.07) is 18.1. The second-order valence-electron chi connectivity index (χ2n) is 6.44. The molecule has 0 saturated carbocycles. The van der Waals surface area contributed by atoms with Crippen LogP contribution in [0.3, 0.4) is 0 Å². The van der Waals surface area contributed by atoms with E-state index < -0.39 is 10.8 Å². The van der Waals surface area contributed by atoms with Gasteiger partial charge in [-0.1, -0.05) is 42.5 Å². The predicted molar refractivity (Wildman–Crippen MR) is 118 cm³/mol. The molecule has 6 heteroatoms. The number of hydrogen-bond acceptors (Lipinski definition) is 3. The van der Waals surface area contributed by atoms with E-state index in [0.29, 0.717) is 24.7 Å². The van der Waals surface area contributed by atoms with E-state index in [1.54, 1.807) is 0 Å². The highest BCUT2D eigenvalue weighted by atomic mass is 32.2. The maximum atomic E-state index is 12.3. The molecule has 1 unspecified atom stereocenters. The fourth-order valence-electron chi connectivity index (χ4n) is 2.76. The summed E-state index contributed by atoms with van der Waals surface area (Å²) in [4.78, 5) is 6.73. The summed E-state index contributed by atoms with van der Waals surface area (Å²) in [6.07, 6.45) is 0. The zero-order chi connectivity index (χ0) is 20.2. The van der Waals surface area contributed by atoms with Crippen molar-refractivity contribution in [3.63, 3.8) is 0 Å². The molecule has 0 saturated heterocycles. The van der Waals surface area contributed by atoms with Crippen molar-refractivity contribution in [2.75, 3.05) is 32.5 Å². The molecular formula is C22H31N3O2S. The van der Waals surface area contributed by atoms with Gasteiger partial charge in [-0.05, 0) is 37.1 Å². The normalized spacial score (nSPS) is 12.5. The highest BCUT2D eigenvalue weighted by Crippen LogP contribution is 2.13. The van der Waals surface area contributed by atoms with Gasteiger partial charge in [0.15, 0.2) is 5.96 Å². The Morgan fingerprint density at radius 1 is 1.07 bits per heavy atom. The lowest BCUT2D eigenvalue weighted by atomic mass is 10.2. The number of benzene rings is 2. The lowest BCUT2D eigenvalue weighted by Crippen LogP contribution is -2.38. The van der Waals surface area contributed by atoms with E-state index in [9.17, 15) is 4.21 Å². The van der Waals surface area contributed by atoms with Crippen LogP contribution in [0.2, 0.25) is 0 Å². The van der Waals surface area contributed by atoms with Crippen LogP contribution >= 0.6 is 0 Å². The van der Waals surface area contributed by atoms with Crippen molar-refractivity contribution in [1.82, 2.24) is 10.2 Å². The minimum atomic E-state index is -0.915. The van der Waals surface area contributed by atoms with E-state index in [4.69, 9.17) is 4.74 Å². The van der Waals surface area contributed by atoms with Crippen LogP contribution in [0.1, 0.15) is 25.0 Å². The quantitative estimate of drug-likeness (QED) is 0.490. The third kappa shape index (κ3) is 7.72. The molecule has 5 nitrogen and oxygen atoms in total. The Morgan fingerprint density at radius 2 is 1.79 bits per heavy atom. The molecule has 1 atom stereocenters. The fourth-order valence-corrected chi connectivity index (χ4v) is 3.77. The Morgan fingerprint density at radius 3 is 2.43 bits per heavy atom. The molecule has 2 aromatic carbocycles. The number of nitrogens with one attached hydrogen (secondary N) is 1. The van der Waals surface area contributed by atoms with Gasteiger partial charge in [-0.3, -0.25) is 9.20 Å². The summed E-state index contributed by atoms with van der Waals surface area (Å²) in [6.45, 7) is 6.77. The van der Waals surface area contributed by atoms with Gasteiger partial charge < -0.3 is 15.0 Å². The van der Waals surface area contributed by atoms with Gasteiger partial charge in [0.05, 0.1) is 13.2 Å². The molecule has 2 rings (SSSR count). The van der Waals surface area contributed by atoms with Crippen molar-refractivity contribution in [2.45, 2.75) is 26.1 Å². The van der Waals surface area contributed by atoms with Crippen molar-refractivity contribution in [3.05, 3.63) is 65.7 Å². The van der Waals surface area contributed by atoms with Gasteiger partial charge in [0, 0.05) is 42.4 Å². The third-order valence-electron chi connectivity index (χ3n) is 4.10. The largest absolute Gasteiger partial charge is 0.494 e. The summed E-state index contributed by atoms with van der Waals surface area (Å²) >= 11 is 0. The van der Waals surface area contributed by atoms with Crippen LogP contribution in [0.5, 0.6) is 5.75 Å². The minimum absolute atomic E-state index is 0.537. The Labute approximate surface area is 171 Å². The topological polar surface area (TPSA) is 53.9 Å². The Kier molecular flexibility index (Phi) is 9.55. The molecule has 0 radical (unpaired) electrons. The summed E-state index contributed by atoms with van der Waals surface area (Å²) in [7, 11) is 1.10. The summed E-state index contributed by atoms with van der Waals surface area (Å²) in [5.41, 5.74) is 2.29. The molecule has 0 aliphatic rings. The predicted octanol–water partition coefficient (Wildman–Crippen LogP) is 3.43. The van der Waals surface area contributed by atoms with Crippen molar-refractivity contribution in [3.8, 4) is 5.75 Å². The standard InChI is InChI=1S/C22H31N3O2S/c1-4-23-22(24-15-16-28(26)18-20-9-7-6-8-10-20)25(3)17-19-11-13-21(14-12-19)27-5-2/h6-14H,4-5,15-18H2,1-3H3,(H,23,24). The van der Waals surface area contributed by atoms with Gasteiger partial charge in [-0.25, -0.2) is 0 Å². The molecule has 0 aromatic heterocycles. The van der Waals surface area contributed by atoms with Crippen LogP contribution in [0.4, 0.5) is 0 Å². The maximum absolute atomic E-state index is 12.3. The number of ether oxygens (including phenoxy) is 1. The van der Waals surface area contributed by atoms with E-state index in [0.717, 1.165) is 30.4 Å². The Bertz CT molecular complexity index is 748. The first-order valence-electron chi connectivity index (χ1n) is 9.72. The molecule has 2 aromatic rings. The van der Waals surface area contributed by atoms with Crippen LogP contribution in [0.15, 0.2) is 59.6 Å². The number of nitrogens with zero attached hydrogens (tertiary/aromatic N) is 2. The first-order valence-corrected chi connectivity index (χ1v) is 11.2. The van der Waals surface area contributed by atoms with Gasteiger partial charge in [-0.15, -0.1) is 0 Å². The SMILES string of the molecule is CCNC(=NCCS(=O)Cc1ccccc1)N(C)Cc1ccc(OCC)cc1. The van der Waals surface area contributed by atoms with Crippen molar-refractivity contribution in [1.29, 1.82) is 0 Å². The van der Waals surface area contributed by atoms with E-state index in [1.807, 2.05) is 63.4 Å². The Hall–Kier alpha value is -2.34. The van der Waals surface area contributed by atoms with E-state index in [-0.39, 0.29) is 0 Å². The van der Waals surface area contributed by atoms with Gasteiger partial charge in [0.2, 0.25) is 0 Å². The van der Waals surface area contributed by atoms with Gasteiger partial charge in [-0.2, -0.15) is 0 Å². The highest BCUT2D eigenvalue weighted by Gasteiger charge is 2.08. The van der Waals surface area contributed by atoms with Crippen LogP contribution < -0.4 is 10.1 Å². The Balaban J connectivity index is 1.88. The van der Waals surface area contributed by atoms with Crippen LogP contribution in [0.25, 0.3) is 0 Å². The van der Waals surface area contributed by atoms with Crippen molar-refractivity contribution < 1.29 is 8.95 Å². The fraction of sp³-hybridized carbons (Fsp3) is 0.409.